The lowest BCUT2D eigenvalue weighted by Gasteiger charge is -2.41. The average molecular weight is 378 g/mol. The molecule has 5 nitrogen and oxygen atoms in total. The molecule has 1 aliphatic rings. The molecule has 0 aromatic carbocycles. The lowest BCUT2D eigenvalue weighted by Crippen LogP contribution is -2.54. The van der Waals surface area contributed by atoms with Crippen LogP contribution in [0.5, 0.6) is 0 Å². The minimum Gasteiger partial charge on any atom is -0.492 e. The van der Waals surface area contributed by atoms with E-state index in [1.807, 2.05) is 46.8 Å². The van der Waals surface area contributed by atoms with Crippen molar-refractivity contribution in [1.29, 1.82) is 0 Å². The highest BCUT2D eigenvalue weighted by Crippen LogP contribution is 2.22. The van der Waals surface area contributed by atoms with Gasteiger partial charge >= 0.3 is 6.09 Å². The minimum absolute atomic E-state index is 0.0156. The zero-order chi connectivity index (χ0) is 20.6. The van der Waals surface area contributed by atoms with Crippen LogP contribution < -0.4 is 0 Å². The molecule has 1 heterocycles. The van der Waals surface area contributed by atoms with Gasteiger partial charge in [-0.2, -0.15) is 0 Å². The number of ether oxygens (including phenoxy) is 2. The lowest BCUT2D eigenvalue weighted by molar-refractivity contribution is -0.0196. The van der Waals surface area contributed by atoms with Crippen LogP contribution in [0.25, 0.3) is 0 Å². The van der Waals surface area contributed by atoms with Crippen LogP contribution in [0.15, 0.2) is 47.8 Å². The Morgan fingerprint density at radius 1 is 1.19 bits per heavy atom. The second-order valence-electron chi connectivity index (χ2n) is 8.19. The van der Waals surface area contributed by atoms with Crippen molar-refractivity contribution in [2.75, 3.05) is 19.8 Å². The molecule has 0 spiro atoms. The van der Waals surface area contributed by atoms with Gasteiger partial charge in [0.15, 0.2) is 0 Å². The van der Waals surface area contributed by atoms with Crippen molar-refractivity contribution in [3.63, 3.8) is 0 Å². The van der Waals surface area contributed by atoms with Crippen LogP contribution in [0.3, 0.4) is 0 Å². The van der Waals surface area contributed by atoms with E-state index in [4.69, 9.17) is 14.6 Å². The van der Waals surface area contributed by atoms with Crippen molar-refractivity contribution in [3.05, 3.63) is 47.8 Å². The third-order valence-electron chi connectivity index (χ3n) is 4.21. The molecule has 1 fully saturated rings. The number of hydrogen-bond donors (Lipinski definition) is 1. The number of hydrogen-bond acceptors (Lipinski definition) is 4. The number of amides is 1. The molecule has 0 radical (unpaired) electrons. The first-order valence-corrected chi connectivity index (χ1v) is 9.46. The average Bonchev–Trinajstić information content (AvgIpc) is 2.49. The highest BCUT2D eigenvalue weighted by Gasteiger charge is 2.35. The Labute approximate surface area is 164 Å². The molecule has 0 aliphatic carbocycles. The van der Waals surface area contributed by atoms with E-state index >= 15 is 0 Å². The summed E-state index contributed by atoms with van der Waals surface area (Å²) in [5, 5.41) is 9.00. The fraction of sp³-hybridized carbons (Fsp3) is 0.591. The van der Waals surface area contributed by atoms with Crippen molar-refractivity contribution in [2.45, 2.75) is 65.5 Å². The van der Waals surface area contributed by atoms with Gasteiger partial charge in [-0.25, -0.2) is 4.79 Å². The molecule has 1 unspecified atom stereocenters. The maximum absolute atomic E-state index is 12.1. The molecule has 1 saturated heterocycles. The summed E-state index contributed by atoms with van der Waals surface area (Å²) in [5.41, 5.74) is 2.57. The third kappa shape index (κ3) is 8.96. The number of nitrogens with zero attached hydrogens (tertiary/aromatic N) is 1. The number of allylic oxidation sites excluding steroid dienone is 3. The van der Waals surface area contributed by atoms with Crippen molar-refractivity contribution in [2.24, 2.45) is 0 Å². The normalized spacial score (nSPS) is 18.0. The summed E-state index contributed by atoms with van der Waals surface area (Å²) in [6.45, 7) is 18.5. The van der Waals surface area contributed by atoms with Gasteiger partial charge in [0.1, 0.15) is 18.0 Å². The Morgan fingerprint density at radius 2 is 1.78 bits per heavy atom. The van der Waals surface area contributed by atoms with E-state index in [0.29, 0.717) is 18.9 Å². The summed E-state index contributed by atoms with van der Waals surface area (Å²) in [7, 11) is 0. The zero-order valence-corrected chi connectivity index (χ0v) is 17.5. The van der Waals surface area contributed by atoms with E-state index in [9.17, 15) is 4.79 Å². The van der Waals surface area contributed by atoms with Gasteiger partial charge in [0.2, 0.25) is 0 Å². The highest BCUT2D eigenvalue weighted by atomic mass is 16.6. The van der Waals surface area contributed by atoms with Crippen molar-refractivity contribution < 1.29 is 19.4 Å². The van der Waals surface area contributed by atoms with E-state index in [1.54, 1.807) is 4.90 Å². The molecule has 152 valence electrons. The van der Waals surface area contributed by atoms with Crippen molar-refractivity contribution in [1.82, 2.24) is 4.90 Å². The molecule has 27 heavy (non-hydrogen) atoms. The van der Waals surface area contributed by atoms with E-state index in [2.05, 4.69) is 13.2 Å². The number of carbonyl (C=O) groups is 1. The monoisotopic (exact) mass is 377 g/mol. The summed E-state index contributed by atoms with van der Waals surface area (Å²) in [5.74, 6) is 0.602. The van der Waals surface area contributed by atoms with Gasteiger partial charge in [-0.1, -0.05) is 30.4 Å². The van der Waals surface area contributed by atoms with E-state index in [0.717, 1.165) is 24.8 Å². The lowest BCUT2D eigenvalue weighted by atomic mass is 10.0. The Bertz CT molecular complexity index is 610. The van der Waals surface area contributed by atoms with Crippen LogP contribution in [0.4, 0.5) is 4.79 Å². The topological polar surface area (TPSA) is 59.0 Å². The van der Waals surface area contributed by atoms with Gasteiger partial charge in [-0.05, 0) is 65.5 Å². The van der Waals surface area contributed by atoms with Crippen LogP contribution in [-0.2, 0) is 9.47 Å². The number of rotatable bonds is 9. The van der Waals surface area contributed by atoms with E-state index in [-0.39, 0.29) is 18.7 Å². The Kier molecular flexibility index (Phi) is 8.83. The zero-order valence-electron chi connectivity index (χ0n) is 17.5. The molecule has 0 aromatic heterocycles. The predicted molar refractivity (Wildman–Crippen MR) is 109 cm³/mol. The highest BCUT2D eigenvalue weighted by molar-refractivity contribution is 5.69. The van der Waals surface area contributed by atoms with Crippen molar-refractivity contribution >= 4 is 6.09 Å². The maximum Gasteiger partial charge on any atom is 0.410 e. The summed E-state index contributed by atoms with van der Waals surface area (Å²) >= 11 is 0. The molecule has 1 aliphatic heterocycles. The maximum atomic E-state index is 12.1. The summed E-state index contributed by atoms with van der Waals surface area (Å²) < 4.78 is 11.1. The largest absolute Gasteiger partial charge is 0.492 e. The fourth-order valence-electron chi connectivity index (χ4n) is 2.63. The number of likely N-dealkylation sites (tertiary alicyclic amines) is 1. The standard InChI is InChI=1S/C22H35NO4/c1-16(12-18(3)14-24)8-9-17(2)13-19(4)26-15-20-10-11-23(20)21(25)27-22(5,6)7/h12-13,20,24H,3-4,8-11,14-15H2,1-2,5-7H3/b16-12+,17-13+. The molecular formula is C22H35NO4. The van der Waals surface area contributed by atoms with E-state index in [1.165, 1.54) is 11.1 Å². The Morgan fingerprint density at radius 3 is 2.26 bits per heavy atom. The fourth-order valence-corrected chi connectivity index (χ4v) is 2.63. The quantitative estimate of drug-likeness (QED) is 0.465. The molecule has 1 N–H and O–H groups in total. The first-order chi connectivity index (χ1) is 12.5. The second kappa shape index (κ2) is 10.4. The molecular weight excluding hydrogens is 342 g/mol. The first kappa shape index (κ1) is 23.0. The molecule has 0 bridgehead atoms. The second-order valence-corrected chi connectivity index (χ2v) is 8.19. The number of aliphatic hydroxyl groups is 1. The SMILES string of the molecule is C=C(/C=C(\C)CC/C(C)=C/C(=C)OCC1CCN1C(=O)OC(C)(C)C)CO. The minimum atomic E-state index is -0.488. The molecule has 1 rings (SSSR count). The Hall–Kier alpha value is -2.01. The van der Waals surface area contributed by atoms with Gasteiger partial charge in [0, 0.05) is 6.54 Å². The van der Waals surface area contributed by atoms with Gasteiger partial charge in [0.05, 0.1) is 12.6 Å². The number of carbonyl (C=O) groups excluding carboxylic acids is 1. The Balaban J connectivity index is 2.39. The van der Waals surface area contributed by atoms with Gasteiger partial charge in [-0.3, -0.25) is 0 Å². The molecule has 1 amide bonds. The van der Waals surface area contributed by atoms with Crippen LogP contribution >= 0.6 is 0 Å². The van der Waals surface area contributed by atoms with Gasteiger partial charge in [-0.15, -0.1) is 0 Å². The predicted octanol–water partition coefficient (Wildman–Crippen LogP) is 4.75. The van der Waals surface area contributed by atoms with Gasteiger partial charge < -0.3 is 19.5 Å². The van der Waals surface area contributed by atoms with Gasteiger partial charge in [0.25, 0.3) is 0 Å². The number of aliphatic hydroxyl groups excluding tert-OH is 1. The van der Waals surface area contributed by atoms with Crippen LogP contribution in [0.1, 0.15) is 53.9 Å². The van der Waals surface area contributed by atoms with Crippen LogP contribution in [0, 0.1) is 0 Å². The molecule has 0 aromatic rings. The third-order valence-corrected chi connectivity index (χ3v) is 4.21. The molecule has 1 atom stereocenters. The van der Waals surface area contributed by atoms with Crippen LogP contribution in [0.2, 0.25) is 0 Å². The molecule has 5 heteroatoms. The summed E-state index contributed by atoms with van der Waals surface area (Å²) in [6.07, 6.45) is 6.26. The first-order valence-electron chi connectivity index (χ1n) is 9.46. The van der Waals surface area contributed by atoms with Crippen molar-refractivity contribution in [3.8, 4) is 0 Å². The molecule has 0 saturated carbocycles. The van der Waals surface area contributed by atoms with E-state index < -0.39 is 5.60 Å². The summed E-state index contributed by atoms with van der Waals surface area (Å²) in [6, 6.07) is 0.0416. The smallest absolute Gasteiger partial charge is 0.410 e. The van der Waals surface area contributed by atoms with Crippen LogP contribution in [-0.4, -0.2) is 47.5 Å². The summed E-state index contributed by atoms with van der Waals surface area (Å²) in [4.78, 5) is 13.8.